The lowest BCUT2D eigenvalue weighted by molar-refractivity contribution is -0.124. The molecule has 0 radical (unpaired) electrons. The van der Waals surface area contributed by atoms with Crippen LogP contribution in [-0.4, -0.2) is 48.4 Å². The van der Waals surface area contributed by atoms with Crippen molar-refractivity contribution in [2.75, 3.05) is 31.2 Å². The van der Waals surface area contributed by atoms with Gasteiger partial charge in [0, 0.05) is 31.3 Å². The van der Waals surface area contributed by atoms with Gasteiger partial charge in [-0.3, -0.25) is 14.5 Å². The minimum atomic E-state index is -0.237. The van der Waals surface area contributed by atoms with E-state index in [4.69, 9.17) is 9.15 Å². The van der Waals surface area contributed by atoms with Crippen LogP contribution in [0.25, 0.3) is 6.08 Å². The summed E-state index contributed by atoms with van der Waals surface area (Å²) in [5.41, 5.74) is 0. The van der Waals surface area contributed by atoms with E-state index in [0.29, 0.717) is 23.9 Å². The molecule has 2 saturated heterocycles. The molecule has 0 N–H and O–H groups in total. The van der Waals surface area contributed by atoms with Crippen LogP contribution in [0, 0.1) is 0 Å². The van der Waals surface area contributed by atoms with Gasteiger partial charge in [-0.2, -0.15) is 0 Å². The third-order valence-corrected chi connectivity index (χ3v) is 4.95. The quantitative estimate of drug-likeness (QED) is 0.788. The number of furan rings is 1. The van der Waals surface area contributed by atoms with Crippen molar-refractivity contribution in [1.29, 1.82) is 0 Å². The van der Waals surface area contributed by atoms with Crippen LogP contribution in [0.1, 0.15) is 26.0 Å². The molecule has 3 heterocycles. The molecule has 7 heteroatoms. The highest BCUT2D eigenvalue weighted by Crippen LogP contribution is 2.34. The normalized spacial score (nSPS) is 22.3. The fourth-order valence-corrected chi connectivity index (χ4v) is 3.46. The summed E-state index contributed by atoms with van der Waals surface area (Å²) in [6, 6.07) is 3.62. The summed E-state index contributed by atoms with van der Waals surface area (Å²) >= 11 is 0.970. The van der Waals surface area contributed by atoms with Gasteiger partial charge in [0.25, 0.3) is 11.1 Å². The predicted octanol–water partition coefficient (Wildman–Crippen LogP) is 2.95. The Bertz CT molecular complexity index is 634. The van der Waals surface area contributed by atoms with Crippen molar-refractivity contribution in [3.63, 3.8) is 0 Å². The molecular formula is C16H20N2O4S. The predicted molar refractivity (Wildman–Crippen MR) is 89.3 cm³/mol. The van der Waals surface area contributed by atoms with Gasteiger partial charge < -0.3 is 14.1 Å². The zero-order valence-electron chi connectivity index (χ0n) is 13.3. The number of carbonyl (C=O) groups is 2. The van der Waals surface area contributed by atoms with E-state index in [-0.39, 0.29) is 17.2 Å². The summed E-state index contributed by atoms with van der Waals surface area (Å²) in [6.45, 7) is 6.78. The fraction of sp³-hybridized carbons (Fsp3) is 0.500. The van der Waals surface area contributed by atoms with E-state index in [1.165, 1.54) is 4.90 Å². The van der Waals surface area contributed by atoms with Crippen LogP contribution in [0.15, 0.2) is 21.5 Å². The van der Waals surface area contributed by atoms with Gasteiger partial charge in [0.1, 0.15) is 5.76 Å². The van der Waals surface area contributed by atoms with E-state index in [1.807, 2.05) is 26.0 Å². The lowest BCUT2D eigenvalue weighted by Gasteiger charge is -2.26. The Balaban J connectivity index is 1.76. The highest BCUT2D eigenvalue weighted by atomic mass is 32.2. The van der Waals surface area contributed by atoms with Gasteiger partial charge in [-0.25, -0.2) is 0 Å². The van der Waals surface area contributed by atoms with Gasteiger partial charge in [0.15, 0.2) is 5.88 Å². The Labute approximate surface area is 139 Å². The van der Waals surface area contributed by atoms with E-state index in [2.05, 4.69) is 4.90 Å². The molecule has 1 atom stereocenters. The molecule has 0 spiro atoms. The second-order valence-corrected chi connectivity index (χ2v) is 6.58. The summed E-state index contributed by atoms with van der Waals surface area (Å²) in [6.07, 6.45) is 2.39. The minimum Gasteiger partial charge on any atom is -0.441 e. The number of imide groups is 1. The van der Waals surface area contributed by atoms with Crippen LogP contribution < -0.4 is 4.90 Å². The first-order valence-electron chi connectivity index (χ1n) is 7.79. The first-order valence-corrected chi connectivity index (χ1v) is 8.61. The molecule has 2 amide bonds. The zero-order chi connectivity index (χ0) is 16.4. The summed E-state index contributed by atoms with van der Waals surface area (Å²) in [5, 5.41) is -0.212. The maximum absolute atomic E-state index is 12.4. The fourth-order valence-electron chi connectivity index (χ4n) is 2.55. The van der Waals surface area contributed by atoms with Crippen molar-refractivity contribution in [2.24, 2.45) is 0 Å². The Morgan fingerprint density at radius 1 is 1.30 bits per heavy atom. The monoisotopic (exact) mass is 336 g/mol. The van der Waals surface area contributed by atoms with Crippen molar-refractivity contribution in [3.05, 3.63) is 22.8 Å². The van der Waals surface area contributed by atoms with E-state index in [1.54, 1.807) is 6.08 Å². The summed E-state index contributed by atoms with van der Waals surface area (Å²) in [4.78, 5) is 28.2. The van der Waals surface area contributed by atoms with E-state index < -0.39 is 0 Å². The maximum Gasteiger partial charge on any atom is 0.293 e. The second-order valence-electron chi connectivity index (χ2n) is 5.58. The number of nitrogens with zero attached hydrogens (tertiary/aromatic N) is 2. The van der Waals surface area contributed by atoms with Gasteiger partial charge in [-0.15, -0.1) is 0 Å². The molecule has 1 aromatic rings. The molecule has 124 valence electrons. The third-order valence-electron chi connectivity index (χ3n) is 4.06. The maximum atomic E-state index is 12.4. The number of rotatable bonds is 4. The Morgan fingerprint density at radius 2 is 2.04 bits per heavy atom. The number of amides is 2. The van der Waals surface area contributed by atoms with Crippen molar-refractivity contribution in [3.8, 4) is 0 Å². The summed E-state index contributed by atoms with van der Waals surface area (Å²) < 4.78 is 11.1. The average molecular weight is 336 g/mol. The SMILES string of the molecule is CC[C@@H](C)N1C(=O)S/C(=C/c2ccc(N3CCOCC3)o2)C1=O. The van der Waals surface area contributed by atoms with Gasteiger partial charge in [0.2, 0.25) is 0 Å². The lowest BCUT2D eigenvalue weighted by atomic mass is 10.2. The molecule has 0 unspecified atom stereocenters. The number of thioether (sulfide) groups is 1. The molecule has 6 nitrogen and oxygen atoms in total. The molecule has 23 heavy (non-hydrogen) atoms. The number of morpholine rings is 1. The zero-order valence-corrected chi connectivity index (χ0v) is 14.1. The van der Waals surface area contributed by atoms with E-state index >= 15 is 0 Å². The number of hydrogen-bond acceptors (Lipinski definition) is 6. The molecule has 2 aliphatic heterocycles. The largest absolute Gasteiger partial charge is 0.441 e. The molecule has 0 bridgehead atoms. The summed E-state index contributed by atoms with van der Waals surface area (Å²) in [5.74, 6) is 1.11. The average Bonchev–Trinajstić information content (AvgIpc) is 3.13. The van der Waals surface area contributed by atoms with Gasteiger partial charge >= 0.3 is 0 Å². The van der Waals surface area contributed by atoms with Crippen molar-refractivity contribution < 1.29 is 18.7 Å². The van der Waals surface area contributed by atoms with Crippen LogP contribution in [0.4, 0.5) is 10.7 Å². The van der Waals surface area contributed by atoms with Crippen LogP contribution >= 0.6 is 11.8 Å². The molecular weight excluding hydrogens is 316 g/mol. The number of anilines is 1. The smallest absolute Gasteiger partial charge is 0.293 e. The van der Waals surface area contributed by atoms with Crippen LogP contribution in [-0.2, 0) is 9.53 Å². The highest BCUT2D eigenvalue weighted by molar-refractivity contribution is 8.18. The van der Waals surface area contributed by atoms with Crippen LogP contribution in [0.3, 0.4) is 0 Å². The standard InChI is InChI=1S/C16H20N2O4S/c1-3-11(2)18-15(19)13(23-16(18)20)10-12-4-5-14(22-12)17-6-8-21-9-7-17/h4-5,10-11H,3,6-9H2,1-2H3/b13-10+/t11-/m1/s1. The van der Waals surface area contributed by atoms with Crippen LogP contribution in [0.2, 0.25) is 0 Å². The van der Waals surface area contributed by atoms with Crippen molar-refractivity contribution in [1.82, 2.24) is 4.90 Å². The van der Waals surface area contributed by atoms with Crippen molar-refractivity contribution >= 4 is 34.9 Å². The number of ether oxygens (including phenoxy) is 1. The molecule has 0 aromatic carbocycles. The topological polar surface area (TPSA) is 63.0 Å². The molecule has 1 aromatic heterocycles. The van der Waals surface area contributed by atoms with Gasteiger partial charge in [0.05, 0.1) is 18.1 Å². The molecule has 0 saturated carbocycles. The Hall–Kier alpha value is -1.73. The summed E-state index contributed by atoms with van der Waals surface area (Å²) in [7, 11) is 0. The second kappa shape index (κ2) is 6.80. The number of hydrogen-bond donors (Lipinski definition) is 0. The lowest BCUT2D eigenvalue weighted by Crippen LogP contribution is -2.36. The van der Waals surface area contributed by atoms with Crippen molar-refractivity contribution in [2.45, 2.75) is 26.3 Å². The molecule has 2 fully saturated rings. The molecule has 3 rings (SSSR count). The van der Waals surface area contributed by atoms with E-state index in [0.717, 1.165) is 37.2 Å². The highest BCUT2D eigenvalue weighted by Gasteiger charge is 2.37. The Morgan fingerprint density at radius 3 is 2.74 bits per heavy atom. The van der Waals surface area contributed by atoms with Crippen LogP contribution in [0.5, 0.6) is 0 Å². The molecule has 0 aliphatic carbocycles. The van der Waals surface area contributed by atoms with Gasteiger partial charge in [-0.05, 0) is 31.2 Å². The first kappa shape index (κ1) is 16.1. The Kier molecular flexibility index (Phi) is 4.77. The molecule has 2 aliphatic rings. The minimum absolute atomic E-state index is 0.0890. The third kappa shape index (κ3) is 3.30. The first-order chi connectivity index (χ1) is 11.1. The van der Waals surface area contributed by atoms with E-state index in [9.17, 15) is 9.59 Å². The number of carbonyl (C=O) groups excluding carboxylic acids is 2. The van der Waals surface area contributed by atoms with Gasteiger partial charge in [-0.1, -0.05) is 6.92 Å².